The van der Waals surface area contributed by atoms with Crippen LogP contribution in [-0.4, -0.2) is 10.7 Å². The number of hydrogen-bond acceptors (Lipinski definition) is 0. The van der Waals surface area contributed by atoms with Crippen LogP contribution in [0, 0.1) is 12.7 Å². The SMILES string of the molecule is Cc1ccccc1C(CBr)(CBr)Cc1cc(Cl)ccc1F. The highest BCUT2D eigenvalue weighted by Gasteiger charge is 2.32. The van der Waals surface area contributed by atoms with Crippen LogP contribution in [0.3, 0.4) is 0 Å². The van der Waals surface area contributed by atoms with Gasteiger partial charge in [-0.15, -0.1) is 0 Å². The Labute approximate surface area is 147 Å². The minimum Gasteiger partial charge on any atom is -0.207 e. The Bertz CT molecular complexity index is 624. The first-order valence-corrected chi connectivity index (χ1v) is 9.26. The van der Waals surface area contributed by atoms with Crippen LogP contribution in [0.25, 0.3) is 0 Å². The minimum atomic E-state index is -0.211. The zero-order chi connectivity index (χ0) is 15.5. The molecule has 0 radical (unpaired) electrons. The quantitative estimate of drug-likeness (QED) is 0.502. The van der Waals surface area contributed by atoms with E-state index in [0.29, 0.717) is 17.0 Å². The first-order chi connectivity index (χ1) is 10.0. The molecule has 0 N–H and O–H groups in total. The first-order valence-electron chi connectivity index (χ1n) is 6.64. The van der Waals surface area contributed by atoms with Crippen molar-refractivity contribution in [3.05, 3.63) is 70.0 Å². The summed E-state index contributed by atoms with van der Waals surface area (Å²) >= 11 is 13.3. The number of rotatable bonds is 5. The molecule has 0 amide bonds. The molecular formula is C17H16Br2ClF. The Hall–Kier alpha value is -0.380. The molecule has 0 atom stereocenters. The maximum absolute atomic E-state index is 14.1. The molecule has 0 aliphatic heterocycles. The zero-order valence-electron chi connectivity index (χ0n) is 11.7. The van der Waals surface area contributed by atoms with Gasteiger partial charge in [0.25, 0.3) is 0 Å². The standard InChI is InChI=1S/C17H16Br2ClF/c1-12-4-2-3-5-15(12)17(10-18,11-19)9-13-8-14(20)6-7-16(13)21/h2-8H,9-11H2,1H3. The molecule has 4 heteroatoms. The third-order valence-electron chi connectivity index (χ3n) is 3.76. The number of alkyl halides is 2. The fraction of sp³-hybridized carbons (Fsp3) is 0.294. The van der Waals surface area contributed by atoms with Crippen LogP contribution in [0.15, 0.2) is 42.5 Å². The molecule has 0 aliphatic carbocycles. The van der Waals surface area contributed by atoms with Gasteiger partial charge in [0.1, 0.15) is 5.82 Å². The van der Waals surface area contributed by atoms with Crippen molar-refractivity contribution >= 4 is 43.5 Å². The highest BCUT2D eigenvalue weighted by Crippen LogP contribution is 2.35. The Morgan fingerprint density at radius 1 is 1.10 bits per heavy atom. The molecule has 0 saturated carbocycles. The summed E-state index contributed by atoms with van der Waals surface area (Å²) in [5.41, 5.74) is 2.86. The topological polar surface area (TPSA) is 0 Å². The summed E-state index contributed by atoms with van der Waals surface area (Å²) in [5.74, 6) is -0.209. The van der Waals surface area contributed by atoms with Crippen LogP contribution in [0.2, 0.25) is 5.02 Å². The molecule has 2 aromatic rings. The van der Waals surface area contributed by atoms with E-state index in [1.165, 1.54) is 17.2 Å². The van der Waals surface area contributed by atoms with Gasteiger partial charge in [-0.05, 0) is 48.2 Å². The summed E-state index contributed by atoms with van der Waals surface area (Å²) in [7, 11) is 0. The van der Waals surface area contributed by atoms with E-state index in [9.17, 15) is 4.39 Å². The van der Waals surface area contributed by atoms with Gasteiger partial charge in [-0.25, -0.2) is 4.39 Å². The fourth-order valence-electron chi connectivity index (χ4n) is 2.58. The molecule has 0 aliphatic rings. The van der Waals surface area contributed by atoms with Crippen LogP contribution in [0.4, 0.5) is 4.39 Å². The summed E-state index contributed by atoms with van der Waals surface area (Å²) in [6.45, 7) is 2.09. The molecule has 112 valence electrons. The maximum Gasteiger partial charge on any atom is 0.126 e. The Kier molecular flexibility index (Phi) is 5.87. The van der Waals surface area contributed by atoms with Crippen molar-refractivity contribution < 1.29 is 4.39 Å². The summed E-state index contributed by atoms with van der Waals surface area (Å²) < 4.78 is 14.1. The van der Waals surface area contributed by atoms with E-state index in [2.05, 4.69) is 50.9 Å². The van der Waals surface area contributed by atoms with E-state index >= 15 is 0 Å². The predicted octanol–water partition coefficient (Wildman–Crippen LogP) is 6.06. The minimum absolute atomic E-state index is 0.209. The van der Waals surface area contributed by atoms with Gasteiger partial charge < -0.3 is 0 Å². The van der Waals surface area contributed by atoms with Crippen LogP contribution in [0.1, 0.15) is 16.7 Å². The van der Waals surface area contributed by atoms with Gasteiger partial charge in [0, 0.05) is 21.1 Å². The number of hydrogen-bond donors (Lipinski definition) is 0. The molecule has 0 saturated heterocycles. The van der Waals surface area contributed by atoms with Gasteiger partial charge in [-0.1, -0.05) is 67.7 Å². The van der Waals surface area contributed by atoms with Crippen molar-refractivity contribution in [3.8, 4) is 0 Å². The van der Waals surface area contributed by atoms with E-state index in [-0.39, 0.29) is 11.2 Å². The smallest absolute Gasteiger partial charge is 0.126 e. The third-order valence-corrected chi connectivity index (χ3v) is 6.15. The van der Waals surface area contributed by atoms with Gasteiger partial charge in [-0.2, -0.15) is 0 Å². The Morgan fingerprint density at radius 3 is 2.38 bits per heavy atom. The van der Waals surface area contributed by atoms with E-state index in [0.717, 1.165) is 10.7 Å². The maximum atomic E-state index is 14.1. The van der Waals surface area contributed by atoms with Crippen LogP contribution in [0.5, 0.6) is 0 Å². The van der Waals surface area contributed by atoms with E-state index in [1.807, 2.05) is 12.1 Å². The van der Waals surface area contributed by atoms with Crippen LogP contribution >= 0.6 is 43.5 Å². The molecule has 0 unspecified atom stereocenters. The first kappa shape index (κ1) is 17.0. The molecule has 2 aromatic carbocycles. The number of aryl methyl sites for hydroxylation is 1. The highest BCUT2D eigenvalue weighted by atomic mass is 79.9. The van der Waals surface area contributed by atoms with Crippen LogP contribution in [-0.2, 0) is 11.8 Å². The molecule has 0 bridgehead atoms. The summed E-state index contributed by atoms with van der Waals surface area (Å²) in [4.78, 5) is 0. The Morgan fingerprint density at radius 2 is 1.76 bits per heavy atom. The van der Waals surface area contributed by atoms with Crippen molar-refractivity contribution in [1.82, 2.24) is 0 Å². The van der Waals surface area contributed by atoms with Gasteiger partial charge in [0.15, 0.2) is 0 Å². The average molecular weight is 435 g/mol. The van der Waals surface area contributed by atoms with Crippen molar-refractivity contribution in [3.63, 3.8) is 0 Å². The van der Waals surface area contributed by atoms with Crippen molar-refractivity contribution in [2.45, 2.75) is 18.8 Å². The summed E-state index contributed by atoms with van der Waals surface area (Å²) in [6, 6.07) is 13.0. The number of benzene rings is 2. The summed E-state index contributed by atoms with van der Waals surface area (Å²) in [6.07, 6.45) is 0.584. The molecule has 0 heterocycles. The van der Waals surface area contributed by atoms with E-state index in [1.54, 1.807) is 12.1 Å². The van der Waals surface area contributed by atoms with E-state index < -0.39 is 0 Å². The molecule has 0 fully saturated rings. The molecule has 0 nitrogen and oxygen atoms in total. The average Bonchev–Trinajstić information content (AvgIpc) is 2.49. The zero-order valence-corrected chi connectivity index (χ0v) is 15.6. The lowest BCUT2D eigenvalue weighted by molar-refractivity contribution is 0.520. The molecule has 2 rings (SSSR count). The van der Waals surface area contributed by atoms with Gasteiger partial charge >= 0.3 is 0 Å². The van der Waals surface area contributed by atoms with E-state index in [4.69, 9.17) is 11.6 Å². The second-order valence-electron chi connectivity index (χ2n) is 5.28. The number of halogens is 4. The van der Waals surface area contributed by atoms with Gasteiger partial charge in [0.05, 0.1) is 0 Å². The van der Waals surface area contributed by atoms with Crippen LogP contribution < -0.4 is 0 Å². The van der Waals surface area contributed by atoms with Gasteiger partial charge in [-0.3, -0.25) is 0 Å². The molecular weight excluding hydrogens is 418 g/mol. The Balaban J connectivity index is 2.48. The van der Waals surface area contributed by atoms with Crippen molar-refractivity contribution in [2.24, 2.45) is 0 Å². The van der Waals surface area contributed by atoms with Gasteiger partial charge in [0.2, 0.25) is 0 Å². The lowest BCUT2D eigenvalue weighted by Crippen LogP contribution is -2.34. The monoisotopic (exact) mass is 432 g/mol. The molecule has 21 heavy (non-hydrogen) atoms. The molecule has 0 aromatic heterocycles. The lowest BCUT2D eigenvalue weighted by atomic mass is 9.77. The fourth-order valence-corrected chi connectivity index (χ4v) is 4.70. The second-order valence-corrected chi connectivity index (χ2v) is 6.83. The normalized spacial score (nSPS) is 11.7. The summed E-state index contributed by atoms with van der Waals surface area (Å²) in [5, 5.41) is 2.04. The third kappa shape index (κ3) is 3.69. The highest BCUT2D eigenvalue weighted by molar-refractivity contribution is 9.09. The lowest BCUT2D eigenvalue weighted by Gasteiger charge is -2.32. The molecule has 0 spiro atoms. The van der Waals surface area contributed by atoms with Crippen molar-refractivity contribution in [1.29, 1.82) is 0 Å². The second kappa shape index (κ2) is 7.26. The largest absolute Gasteiger partial charge is 0.207 e. The predicted molar refractivity (Wildman–Crippen MR) is 95.6 cm³/mol. The van der Waals surface area contributed by atoms with Crippen molar-refractivity contribution in [2.75, 3.05) is 10.7 Å².